The van der Waals surface area contributed by atoms with Gasteiger partial charge >= 0.3 is 0 Å². The summed E-state index contributed by atoms with van der Waals surface area (Å²) in [5, 5.41) is 0. The molecule has 1 aromatic carbocycles. The molecule has 3 rings (SSSR count). The third-order valence-electron chi connectivity index (χ3n) is 5.67. The number of carbonyl (C=O) groups excluding carboxylic acids is 1. The molecule has 0 aromatic heterocycles. The highest BCUT2D eigenvalue weighted by molar-refractivity contribution is 7.89. The van der Waals surface area contributed by atoms with Gasteiger partial charge in [-0.05, 0) is 50.2 Å². The third-order valence-corrected chi connectivity index (χ3v) is 7.71. The number of nitrogens with zero attached hydrogens (tertiary/aromatic N) is 2. The summed E-state index contributed by atoms with van der Waals surface area (Å²) in [5.74, 6) is 0.0934. The highest BCUT2D eigenvalue weighted by Crippen LogP contribution is 2.36. The quantitative estimate of drug-likeness (QED) is 0.791. The molecule has 2 aliphatic rings. The summed E-state index contributed by atoms with van der Waals surface area (Å²) in [6.07, 6.45) is 4.16. The van der Waals surface area contributed by atoms with Crippen LogP contribution in [0.1, 0.15) is 56.2 Å². The number of carbonyl (C=O) groups is 1. The topological polar surface area (TPSA) is 57.7 Å². The van der Waals surface area contributed by atoms with Crippen molar-refractivity contribution in [2.45, 2.75) is 52.0 Å². The van der Waals surface area contributed by atoms with Crippen LogP contribution >= 0.6 is 0 Å². The van der Waals surface area contributed by atoms with Gasteiger partial charge in [-0.2, -0.15) is 0 Å². The molecule has 0 aliphatic carbocycles. The van der Waals surface area contributed by atoms with E-state index >= 15 is 0 Å². The average Bonchev–Trinajstić information content (AvgIpc) is 3.11. The minimum atomic E-state index is -3.23. The molecule has 0 spiro atoms. The van der Waals surface area contributed by atoms with E-state index in [0.717, 1.165) is 32.2 Å². The smallest absolute Gasteiger partial charge is 0.227 e. The van der Waals surface area contributed by atoms with Gasteiger partial charge in [0.15, 0.2) is 0 Å². The first kappa shape index (κ1) is 19.4. The SMILES string of the molecule is CCCS(=O)(=O)N1CCCC(C(=O)N2CCCC2c2ccccc2C)C1. The van der Waals surface area contributed by atoms with Crippen LogP contribution in [0.5, 0.6) is 0 Å². The van der Waals surface area contributed by atoms with Crippen molar-refractivity contribution in [1.29, 1.82) is 0 Å². The largest absolute Gasteiger partial charge is 0.335 e. The molecule has 1 aromatic rings. The average molecular weight is 379 g/mol. The van der Waals surface area contributed by atoms with E-state index in [1.165, 1.54) is 11.1 Å². The molecule has 144 valence electrons. The van der Waals surface area contributed by atoms with Crippen molar-refractivity contribution in [1.82, 2.24) is 9.21 Å². The van der Waals surface area contributed by atoms with Crippen molar-refractivity contribution in [2.75, 3.05) is 25.4 Å². The van der Waals surface area contributed by atoms with Gasteiger partial charge in [-0.25, -0.2) is 12.7 Å². The number of amides is 1. The van der Waals surface area contributed by atoms with E-state index in [1.54, 1.807) is 4.31 Å². The van der Waals surface area contributed by atoms with Gasteiger partial charge in [-0.3, -0.25) is 4.79 Å². The van der Waals surface area contributed by atoms with Crippen LogP contribution in [-0.4, -0.2) is 48.9 Å². The lowest BCUT2D eigenvalue weighted by atomic mass is 9.95. The summed E-state index contributed by atoms with van der Waals surface area (Å²) in [6, 6.07) is 8.40. The molecule has 5 nitrogen and oxygen atoms in total. The molecule has 0 radical (unpaired) electrons. The fraction of sp³-hybridized carbons (Fsp3) is 0.650. The molecule has 1 amide bonds. The molecule has 0 N–H and O–H groups in total. The first-order valence-electron chi connectivity index (χ1n) is 9.78. The minimum absolute atomic E-state index is 0.131. The van der Waals surface area contributed by atoms with Crippen LogP contribution in [-0.2, 0) is 14.8 Å². The number of hydrogen-bond acceptors (Lipinski definition) is 3. The second kappa shape index (κ2) is 8.09. The van der Waals surface area contributed by atoms with Crippen molar-refractivity contribution >= 4 is 15.9 Å². The second-order valence-corrected chi connectivity index (χ2v) is 9.65. The Morgan fingerprint density at radius 1 is 1.15 bits per heavy atom. The lowest BCUT2D eigenvalue weighted by Crippen LogP contribution is -2.47. The van der Waals surface area contributed by atoms with Gasteiger partial charge in [-0.1, -0.05) is 31.2 Å². The first-order chi connectivity index (χ1) is 12.4. The monoisotopic (exact) mass is 378 g/mol. The standard InChI is InChI=1S/C20H30N2O3S/c1-3-14-26(24,25)21-12-6-9-17(15-21)20(23)22-13-7-11-19(22)18-10-5-4-8-16(18)2/h4-5,8,10,17,19H,3,6-7,9,11-15H2,1-2H3. The summed E-state index contributed by atoms with van der Waals surface area (Å²) in [5.41, 5.74) is 2.44. The Morgan fingerprint density at radius 2 is 1.88 bits per heavy atom. The predicted octanol–water partition coefficient (Wildman–Crippen LogP) is 3.11. The van der Waals surface area contributed by atoms with Crippen molar-refractivity contribution in [3.63, 3.8) is 0 Å². The lowest BCUT2D eigenvalue weighted by molar-refractivity contribution is -0.137. The second-order valence-electron chi connectivity index (χ2n) is 7.56. The van der Waals surface area contributed by atoms with Gasteiger partial charge in [0.2, 0.25) is 15.9 Å². The van der Waals surface area contributed by atoms with Crippen molar-refractivity contribution in [3.05, 3.63) is 35.4 Å². The van der Waals surface area contributed by atoms with E-state index in [-0.39, 0.29) is 23.6 Å². The van der Waals surface area contributed by atoms with E-state index in [1.807, 2.05) is 24.0 Å². The van der Waals surface area contributed by atoms with Crippen LogP contribution in [0.2, 0.25) is 0 Å². The molecular formula is C20H30N2O3S. The summed E-state index contributed by atoms with van der Waals surface area (Å²) >= 11 is 0. The number of sulfonamides is 1. The highest BCUT2D eigenvalue weighted by atomic mass is 32.2. The normalized spacial score (nSPS) is 24.8. The zero-order valence-electron chi connectivity index (χ0n) is 15.9. The Bertz CT molecular complexity index is 747. The molecule has 2 aliphatic heterocycles. The van der Waals surface area contributed by atoms with Crippen LogP contribution in [0.15, 0.2) is 24.3 Å². The molecule has 2 saturated heterocycles. The Labute approximate surface area is 157 Å². The Morgan fingerprint density at radius 3 is 2.62 bits per heavy atom. The molecule has 2 atom stereocenters. The Balaban J connectivity index is 1.75. The van der Waals surface area contributed by atoms with Crippen LogP contribution in [0, 0.1) is 12.8 Å². The lowest BCUT2D eigenvalue weighted by Gasteiger charge is -2.35. The fourth-order valence-corrected chi connectivity index (χ4v) is 5.92. The number of benzene rings is 1. The van der Waals surface area contributed by atoms with E-state index in [0.29, 0.717) is 19.5 Å². The van der Waals surface area contributed by atoms with Crippen LogP contribution in [0.4, 0.5) is 0 Å². The number of piperidine rings is 1. The summed E-state index contributed by atoms with van der Waals surface area (Å²) in [7, 11) is -3.23. The molecule has 2 heterocycles. The van der Waals surface area contributed by atoms with Crippen LogP contribution in [0.25, 0.3) is 0 Å². The molecule has 2 fully saturated rings. The van der Waals surface area contributed by atoms with E-state index in [4.69, 9.17) is 0 Å². The summed E-state index contributed by atoms with van der Waals surface area (Å²) in [6.45, 7) is 5.64. The van der Waals surface area contributed by atoms with Gasteiger partial charge in [0.05, 0.1) is 17.7 Å². The van der Waals surface area contributed by atoms with Crippen molar-refractivity contribution in [3.8, 4) is 0 Å². The molecule has 0 saturated carbocycles. The van der Waals surface area contributed by atoms with Gasteiger partial charge in [0, 0.05) is 19.6 Å². The minimum Gasteiger partial charge on any atom is -0.335 e. The Hall–Kier alpha value is -1.40. The van der Waals surface area contributed by atoms with Crippen molar-refractivity contribution < 1.29 is 13.2 Å². The highest BCUT2D eigenvalue weighted by Gasteiger charge is 2.38. The first-order valence-corrected chi connectivity index (χ1v) is 11.4. The molecule has 2 unspecified atom stereocenters. The molecular weight excluding hydrogens is 348 g/mol. The number of hydrogen-bond donors (Lipinski definition) is 0. The zero-order chi connectivity index (χ0) is 18.7. The van der Waals surface area contributed by atoms with E-state index in [9.17, 15) is 13.2 Å². The molecule has 26 heavy (non-hydrogen) atoms. The third kappa shape index (κ3) is 3.96. The van der Waals surface area contributed by atoms with Crippen LogP contribution in [0.3, 0.4) is 0 Å². The van der Waals surface area contributed by atoms with Gasteiger partial charge in [0.25, 0.3) is 0 Å². The maximum absolute atomic E-state index is 13.2. The predicted molar refractivity (Wildman–Crippen MR) is 103 cm³/mol. The van der Waals surface area contributed by atoms with Gasteiger partial charge in [0.1, 0.15) is 0 Å². The molecule has 6 heteroatoms. The number of rotatable bonds is 5. The van der Waals surface area contributed by atoms with E-state index in [2.05, 4.69) is 19.1 Å². The number of aryl methyl sites for hydroxylation is 1. The van der Waals surface area contributed by atoms with E-state index < -0.39 is 10.0 Å². The van der Waals surface area contributed by atoms with Gasteiger partial charge in [-0.15, -0.1) is 0 Å². The zero-order valence-corrected chi connectivity index (χ0v) is 16.7. The van der Waals surface area contributed by atoms with Gasteiger partial charge < -0.3 is 4.90 Å². The van der Waals surface area contributed by atoms with Crippen molar-refractivity contribution in [2.24, 2.45) is 5.92 Å². The summed E-state index contributed by atoms with van der Waals surface area (Å²) < 4.78 is 26.4. The summed E-state index contributed by atoms with van der Waals surface area (Å²) in [4.78, 5) is 15.2. The Kier molecular flexibility index (Phi) is 6.03. The maximum Gasteiger partial charge on any atom is 0.227 e. The fourth-order valence-electron chi connectivity index (χ4n) is 4.33. The van der Waals surface area contributed by atoms with Crippen LogP contribution < -0.4 is 0 Å². The maximum atomic E-state index is 13.2. The molecule has 0 bridgehead atoms. The number of likely N-dealkylation sites (tertiary alicyclic amines) is 1.